The Morgan fingerprint density at radius 2 is 2.11 bits per heavy atom. The lowest BCUT2D eigenvalue weighted by Gasteiger charge is -2.12. The van der Waals surface area contributed by atoms with E-state index in [-0.39, 0.29) is 0 Å². The van der Waals surface area contributed by atoms with Crippen LogP contribution in [-0.4, -0.2) is 16.3 Å². The monoisotopic (exact) mass is 254 g/mol. The molecule has 1 unspecified atom stereocenters. The summed E-state index contributed by atoms with van der Waals surface area (Å²) in [6.45, 7) is 3.23. The van der Waals surface area contributed by atoms with E-state index in [1.165, 1.54) is 24.1 Å². The van der Waals surface area contributed by atoms with Gasteiger partial charge in [-0.05, 0) is 31.4 Å². The van der Waals surface area contributed by atoms with Gasteiger partial charge in [0.2, 0.25) is 0 Å². The molecule has 1 radical (unpaired) electrons. The van der Waals surface area contributed by atoms with Crippen LogP contribution in [0.3, 0.4) is 0 Å². The summed E-state index contributed by atoms with van der Waals surface area (Å²) in [4.78, 5) is 0. The Bertz CT molecular complexity index is 524. The van der Waals surface area contributed by atoms with E-state index in [1.807, 2.05) is 12.3 Å². The van der Waals surface area contributed by atoms with Crippen LogP contribution in [0.4, 0.5) is 0 Å². The van der Waals surface area contributed by atoms with Gasteiger partial charge in [0.15, 0.2) is 0 Å². The summed E-state index contributed by atoms with van der Waals surface area (Å²) in [6, 6.07) is 10.8. The lowest BCUT2D eigenvalue weighted by molar-refractivity contribution is 0.623. The van der Waals surface area contributed by atoms with Crippen LogP contribution in [0.15, 0.2) is 36.5 Å². The number of nitrogens with zero attached hydrogens (tertiary/aromatic N) is 3. The predicted octanol–water partition coefficient (Wildman–Crippen LogP) is 3.26. The van der Waals surface area contributed by atoms with E-state index in [0.29, 0.717) is 6.04 Å². The van der Waals surface area contributed by atoms with E-state index < -0.39 is 0 Å². The van der Waals surface area contributed by atoms with Crippen LogP contribution in [-0.2, 0) is 6.42 Å². The van der Waals surface area contributed by atoms with Crippen molar-refractivity contribution in [2.24, 2.45) is 0 Å². The first kappa shape index (κ1) is 12.4. The first-order valence-electron chi connectivity index (χ1n) is 7.19. The molecule has 0 amide bonds. The van der Waals surface area contributed by atoms with Gasteiger partial charge < -0.3 is 0 Å². The van der Waals surface area contributed by atoms with E-state index in [9.17, 15) is 0 Å². The molecule has 99 valence electrons. The van der Waals surface area contributed by atoms with Gasteiger partial charge in [0.25, 0.3) is 0 Å². The Morgan fingerprint density at radius 3 is 2.79 bits per heavy atom. The number of rotatable bonds is 4. The molecule has 2 heterocycles. The molecule has 0 N–H and O–H groups in total. The second-order valence-electron chi connectivity index (χ2n) is 5.11. The maximum Gasteiger partial charge on any atom is 0.0648 e. The number of benzene rings is 1. The number of aromatic nitrogens is 2. The third-order valence-electron chi connectivity index (χ3n) is 3.73. The molecule has 0 aliphatic carbocycles. The zero-order chi connectivity index (χ0) is 13.1. The fraction of sp³-hybridized carbons (Fsp3) is 0.438. The van der Waals surface area contributed by atoms with Gasteiger partial charge in [-0.2, -0.15) is 5.10 Å². The van der Waals surface area contributed by atoms with Crippen molar-refractivity contribution in [3.63, 3.8) is 0 Å². The Kier molecular flexibility index (Phi) is 3.65. The largest absolute Gasteiger partial charge is 0.237 e. The van der Waals surface area contributed by atoms with Crippen molar-refractivity contribution in [1.82, 2.24) is 15.1 Å². The van der Waals surface area contributed by atoms with Gasteiger partial charge >= 0.3 is 0 Å². The van der Waals surface area contributed by atoms with Gasteiger partial charge in [-0.15, -0.1) is 0 Å². The molecule has 1 aliphatic rings. The summed E-state index contributed by atoms with van der Waals surface area (Å²) in [5.74, 6) is 0. The average Bonchev–Trinajstić information content (AvgIpc) is 3.09. The van der Waals surface area contributed by atoms with Crippen LogP contribution in [0.25, 0.3) is 5.69 Å². The number of para-hydroxylation sites is 1. The lowest BCUT2D eigenvalue weighted by atomic mass is 10.0. The van der Waals surface area contributed by atoms with Gasteiger partial charge in [0.05, 0.1) is 17.9 Å². The SMILES string of the molecule is CCCc1c(C2CCC[N]2)cnn1-c1ccccc1. The number of hydrogen-bond acceptors (Lipinski definition) is 1. The Labute approximate surface area is 114 Å². The molecule has 0 spiro atoms. The second kappa shape index (κ2) is 5.57. The lowest BCUT2D eigenvalue weighted by Crippen LogP contribution is -2.09. The van der Waals surface area contributed by atoms with E-state index in [1.54, 1.807) is 0 Å². The molecule has 1 aromatic carbocycles. The molecule has 0 saturated carbocycles. The Balaban J connectivity index is 2.00. The summed E-state index contributed by atoms with van der Waals surface area (Å²) < 4.78 is 2.09. The minimum atomic E-state index is 0.374. The van der Waals surface area contributed by atoms with E-state index >= 15 is 0 Å². The average molecular weight is 254 g/mol. The summed E-state index contributed by atoms with van der Waals surface area (Å²) in [7, 11) is 0. The summed E-state index contributed by atoms with van der Waals surface area (Å²) in [6.07, 6.45) is 6.62. The van der Waals surface area contributed by atoms with Gasteiger partial charge in [-0.3, -0.25) is 0 Å². The molecule has 1 fully saturated rings. The van der Waals surface area contributed by atoms with Crippen molar-refractivity contribution in [2.75, 3.05) is 6.54 Å². The van der Waals surface area contributed by atoms with E-state index in [0.717, 1.165) is 25.1 Å². The second-order valence-corrected chi connectivity index (χ2v) is 5.11. The van der Waals surface area contributed by atoms with Gasteiger partial charge in [0, 0.05) is 17.8 Å². The van der Waals surface area contributed by atoms with Crippen molar-refractivity contribution < 1.29 is 0 Å². The van der Waals surface area contributed by atoms with E-state index in [2.05, 4.69) is 41.0 Å². The zero-order valence-electron chi connectivity index (χ0n) is 11.4. The standard InChI is InChI=1S/C16H20N3/c1-2-7-16-14(15-10-6-11-17-15)12-18-19(16)13-8-4-3-5-9-13/h3-5,8-9,12,15H,2,6-7,10-11H2,1H3. The summed E-state index contributed by atoms with van der Waals surface area (Å²) >= 11 is 0. The maximum atomic E-state index is 4.70. The van der Waals surface area contributed by atoms with Crippen molar-refractivity contribution >= 4 is 0 Å². The highest BCUT2D eigenvalue weighted by Gasteiger charge is 2.23. The molecular weight excluding hydrogens is 234 g/mol. The molecular formula is C16H20N3. The molecule has 1 saturated heterocycles. The molecule has 3 rings (SSSR count). The first-order valence-corrected chi connectivity index (χ1v) is 7.19. The van der Waals surface area contributed by atoms with Crippen LogP contribution in [0.1, 0.15) is 43.5 Å². The molecule has 1 aromatic heterocycles. The van der Waals surface area contributed by atoms with Crippen molar-refractivity contribution in [3.05, 3.63) is 47.8 Å². The third-order valence-corrected chi connectivity index (χ3v) is 3.73. The number of hydrogen-bond donors (Lipinski definition) is 0. The van der Waals surface area contributed by atoms with Gasteiger partial charge in [-0.1, -0.05) is 31.5 Å². The molecule has 0 bridgehead atoms. The van der Waals surface area contributed by atoms with Gasteiger partial charge in [0.1, 0.15) is 0 Å². The predicted molar refractivity (Wildman–Crippen MR) is 76.5 cm³/mol. The molecule has 1 atom stereocenters. The molecule has 1 aliphatic heterocycles. The topological polar surface area (TPSA) is 31.9 Å². The zero-order valence-corrected chi connectivity index (χ0v) is 11.4. The minimum absolute atomic E-state index is 0.374. The highest BCUT2D eigenvalue weighted by Crippen LogP contribution is 2.29. The van der Waals surface area contributed by atoms with Crippen molar-refractivity contribution in [2.45, 2.75) is 38.6 Å². The Morgan fingerprint density at radius 1 is 1.26 bits per heavy atom. The van der Waals surface area contributed by atoms with Crippen molar-refractivity contribution in [1.29, 1.82) is 0 Å². The molecule has 3 nitrogen and oxygen atoms in total. The maximum absolute atomic E-state index is 4.70. The fourth-order valence-electron chi connectivity index (χ4n) is 2.82. The smallest absolute Gasteiger partial charge is 0.0648 e. The summed E-state index contributed by atoms with van der Waals surface area (Å²) in [5.41, 5.74) is 3.82. The van der Waals surface area contributed by atoms with Crippen LogP contribution in [0, 0.1) is 0 Å². The Hall–Kier alpha value is -1.61. The molecule has 2 aromatic rings. The fourth-order valence-corrected chi connectivity index (χ4v) is 2.82. The van der Waals surface area contributed by atoms with E-state index in [4.69, 9.17) is 5.32 Å². The van der Waals surface area contributed by atoms with Crippen LogP contribution >= 0.6 is 0 Å². The highest BCUT2D eigenvalue weighted by atomic mass is 15.3. The minimum Gasteiger partial charge on any atom is -0.237 e. The van der Waals surface area contributed by atoms with Crippen LogP contribution in [0.5, 0.6) is 0 Å². The van der Waals surface area contributed by atoms with Gasteiger partial charge in [-0.25, -0.2) is 10.00 Å². The normalized spacial score (nSPS) is 18.9. The first-order chi connectivity index (χ1) is 9.40. The quantitative estimate of drug-likeness (QED) is 0.824. The third kappa shape index (κ3) is 2.43. The highest BCUT2D eigenvalue weighted by molar-refractivity contribution is 5.36. The van der Waals surface area contributed by atoms with Crippen molar-refractivity contribution in [3.8, 4) is 5.69 Å². The van der Waals surface area contributed by atoms with Crippen LogP contribution < -0.4 is 5.32 Å². The van der Waals surface area contributed by atoms with Crippen LogP contribution in [0.2, 0.25) is 0 Å². The molecule has 3 heteroatoms. The summed E-state index contributed by atoms with van der Waals surface area (Å²) in [5, 5.41) is 9.31. The molecule has 19 heavy (non-hydrogen) atoms.